The molecule has 2 atom stereocenters. The molecule has 0 aromatic heterocycles. The van der Waals surface area contributed by atoms with Gasteiger partial charge in [-0.2, -0.15) is 0 Å². The molecule has 0 N–H and O–H groups in total. The van der Waals surface area contributed by atoms with Crippen LogP contribution >= 0.6 is 0 Å². The number of ether oxygens (including phenoxy) is 4. The van der Waals surface area contributed by atoms with E-state index in [4.69, 9.17) is 18.9 Å². The van der Waals surface area contributed by atoms with Crippen molar-refractivity contribution in [3.05, 3.63) is 85.1 Å². The van der Waals surface area contributed by atoms with Crippen molar-refractivity contribution in [3.8, 4) is 0 Å². The monoisotopic (exact) mass is 1270 g/mol. The van der Waals surface area contributed by atoms with Gasteiger partial charge in [-0.1, -0.05) is 362 Å². The van der Waals surface area contributed by atoms with Crippen LogP contribution in [0.4, 0.5) is 0 Å². The van der Waals surface area contributed by atoms with Gasteiger partial charge < -0.3 is 33.3 Å². The van der Waals surface area contributed by atoms with Crippen LogP contribution < -0.4 is 5.11 Å². The molecule has 0 aliphatic carbocycles. The number of carboxylic acid groups (broad SMARTS) is 1. The molecule has 0 aliphatic heterocycles. The van der Waals surface area contributed by atoms with Gasteiger partial charge in [-0.3, -0.25) is 9.59 Å². The van der Waals surface area contributed by atoms with Crippen molar-refractivity contribution >= 4 is 17.9 Å². The predicted octanol–water partition coefficient (Wildman–Crippen LogP) is 23.3. The maximum absolute atomic E-state index is 12.9. The smallest absolute Gasteiger partial charge is 0.306 e. The van der Waals surface area contributed by atoms with Gasteiger partial charge in [-0.15, -0.1) is 0 Å². The van der Waals surface area contributed by atoms with Gasteiger partial charge in [0.05, 0.1) is 40.3 Å². The van der Waals surface area contributed by atoms with E-state index >= 15 is 0 Å². The van der Waals surface area contributed by atoms with Gasteiger partial charge in [-0.25, -0.2) is 0 Å². The van der Waals surface area contributed by atoms with E-state index in [1.54, 1.807) is 0 Å². The molecule has 528 valence electrons. The van der Waals surface area contributed by atoms with E-state index in [2.05, 4.69) is 98.9 Å². The molecule has 0 spiro atoms. The lowest BCUT2D eigenvalue weighted by Crippen LogP contribution is -2.44. The first-order valence-electron chi connectivity index (χ1n) is 38.7. The number of nitrogens with zero attached hydrogens (tertiary/aromatic N) is 1. The number of rotatable bonds is 72. The van der Waals surface area contributed by atoms with Gasteiger partial charge in [0.25, 0.3) is 0 Å². The lowest BCUT2D eigenvalue weighted by molar-refractivity contribution is -0.870. The first kappa shape index (κ1) is 87.5. The maximum Gasteiger partial charge on any atom is 0.306 e. The van der Waals surface area contributed by atoms with Crippen molar-refractivity contribution in [2.45, 2.75) is 373 Å². The number of likely N-dealkylation sites (N-methyl/N-ethyl adjacent to an activating group) is 1. The highest BCUT2D eigenvalue weighted by Gasteiger charge is 2.22. The number of quaternary nitrogens is 1. The molecule has 9 heteroatoms. The van der Waals surface area contributed by atoms with Crippen molar-refractivity contribution in [3.63, 3.8) is 0 Å². The Bertz CT molecular complexity index is 1770. The first-order valence-corrected chi connectivity index (χ1v) is 38.7. The third-order valence-electron chi connectivity index (χ3n) is 17.2. The van der Waals surface area contributed by atoms with Crippen molar-refractivity contribution in [2.24, 2.45) is 0 Å². The summed E-state index contributed by atoms with van der Waals surface area (Å²) in [5.74, 6) is -2.32. The molecule has 0 amide bonds. The topological polar surface area (TPSA) is 111 Å². The Morgan fingerprint density at radius 3 is 0.934 bits per heavy atom. The fourth-order valence-corrected chi connectivity index (χ4v) is 11.3. The molecule has 0 saturated carbocycles. The van der Waals surface area contributed by atoms with Crippen LogP contribution in [0.2, 0.25) is 0 Å². The standard InChI is InChI=1S/C82H147NO8/c1-6-8-10-12-14-16-18-20-22-24-26-28-30-32-33-34-35-36-37-38-39-40-41-42-43-44-45-46-47-49-50-52-54-56-58-60-62-64-66-68-70-72-79(84)89-76-78(77-90-82(81(86)87)88-75-74-83(3,4)5)91-80(85)73-71-69-67-65-63-61-59-57-55-53-51-48-31-29-27-25-23-21-19-17-15-13-11-9-7-2/h9,11,15,17,21,23,27,29,48,51,55,57,61,63,78,82H,6-8,10,12-14,16,18-20,22,24-26,28,30-47,49-50,52-54,56,58-60,62,64-77H2,1-5H3/b11-9-,17-15-,23-21-,29-27-,51-48-,57-55-,63-61-. The number of aliphatic carboxylic acids is 1. The molecule has 0 aliphatic rings. The van der Waals surface area contributed by atoms with E-state index in [1.165, 1.54) is 244 Å². The second-order valence-electron chi connectivity index (χ2n) is 27.3. The molecule has 91 heavy (non-hydrogen) atoms. The zero-order chi connectivity index (χ0) is 66.1. The summed E-state index contributed by atoms with van der Waals surface area (Å²) in [6, 6.07) is 0. The average Bonchev–Trinajstić information content (AvgIpc) is 3.46. The zero-order valence-electron chi connectivity index (χ0n) is 60.5. The summed E-state index contributed by atoms with van der Waals surface area (Å²) in [6.45, 7) is 4.63. The molecule has 0 rings (SSSR count). The Balaban J connectivity index is 3.99. The number of unbranched alkanes of at least 4 members (excludes halogenated alkanes) is 43. The number of carbonyl (C=O) groups is 3. The van der Waals surface area contributed by atoms with Crippen LogP contribution in [0.1, 0.15) is 361 Å². The largest absolute Gasteiger partial charge is 0.545 e. The van der Waals surface area contributed by atoms with Gasteiger partial charge in [0.1, 0.15) is 13.2 Å². The second kappa shape index (κ2) is 72.3. The van der Waals surface area contributed by atoms with Crippen LogP contribution in [-0.2, 0) is 33.3 Å². The third-order valence-corrected chi connectivity index (χ3v) is 17.2. The summed E-state index contributed by atoms with van der Waals surface area (Å²) in [5.41, 5.74) is 0. The van der Waals surface area contributed by atoms with Crippen LogP contribution in [-0.4, -0.2) is 82.3 Å². The quantitative estimate of drug-likeness (QED) is 0.0195. The minimum absolute atomic E-state index is 0.138. The minimum Gasteiger partial charge on any atom is -0.545 e. The highest BCUT2D eigenvalue weighted by atomic mass is 16.7. The van der Waals surface area contributed by atoms with Crippen LogP contribution in [0.15, 0.2) is 85.1 Å². The molecular formula is C82H147NO8. The molecule has 0 fully saturated rings. The van der Waals surface area contributed by atoms with Crippen molar-refractivity contribution < 1.29 is 42.9 Å². The van der Waals surface area contributed by atoms with Crippen LogP contribution in [0, 0.1) is 0 Å². The van der Waals surface area contributed by atoms with Crippen molar-refractivity contribution in [1.82, 2.24) is 0 Å². The summed E-state index contributed by atoms with van der Waals surface area (Å²) >= 11 is 0. The second-order valence-corrected chi connectivity index (χ2v) is 27.3. The van der Waals surface area contributed by atoms with Crippen molar-refractivity contribution in [2.75, 3.05) is 47.5 Å². The van der Waals surface area contributed by atoms with Crippen LogP contribution in [0.25, 0.3) is 0 Å². The molecule has 0 saturated heterocycles. The van der Waals surface area contributed by atoms with E-state index < -0.39 is 24.3 Å². The van der Waals surface area contributed by atoms with E-state index in [-0.39, 0.29) is 38.6 Å². The van der Waals surface area contributed by atoms with Gasteiger partial charge in [0.2, 0.25) is 0 Å². The Morgan fingerprint density at radius 2 is 0.626 bits per heavy atom. The predicted molar refractivity (Wildman–Crippen MR) is 389 cm³/mol. The molecule has 0 aromatic carbocycles. The van der Waals surface area contributed by atoms with E-state index in [0.717, 1.165) is 83.5 Å². The number of hydrogen-bond donors (Lipinski definition) is 0. The Labute approximate surface area is 563 Å². The molecule has 0 heterocycles. The summed E-state index contributed by atoms with van der Waals surface area (Å²) in [5, 5.41) is 11.8. The van der Waals surface area contributed by atoms with Crippen LogP contribution in [0.3, 0.4) is 0 Å². The fraction of sp³-hybridized carbons (Fsp3) is 0.793. The normalized spacial score (nSPS) is 13.1. The van der Waals surface area contributed by atoms with E-state index in [1.807, 2.05) is 21.1 Å². The number of allylic oxidation sites excluding steroid dienone is 14. The highest BCUT2D eigenvalue weighted by molar-refractivity contribution is 5.70. The summed E-state index contributed by atoms with van der Waals surface area (Å²) in [7, 11) is 5.92. The van der Waals surface area contributed by atoms with Gasteiger partial charge in [0.15, 0.2) is 12.4 Å². The molecule has 9 nitrogen and oxygen atoms in total. The molecule has 2 unspecified atom stereocenters. The van der Waals surface area contributed by atoms with Crippen molar-refractivity contribution in [1.29, 1.82) is 0 Å². The summed E-state index contributed by atoms with van der Waals surface area (Å²) < 4.78 is 22.8. The zero-order valence-corrected chi connectivity index (χ0v) is 60.5. The maximum atomic E-state index is 12.9. The fourth-order valence-electron chi connectivity index (χ4n) is 11.3. The first-order chi connectivity index (χ1) is 44.6. The molecule has 0 radical (unpaired) electrons. The average molecular weight is 1280 g/mol. The molecule has 0 aromatic rings. The molecular weight excluding hydrogens is 1130 g/mol. The van der Waals surface area contributed by atoms with Gasteiger partial charge >= 0.3 is 11.9 Å². The highest BCUT2D eigenvalue weighted by Crippen LogP contribution is 2.19. The van der Waals surface area contributed by atoms with Gasteiger partial charge in [-0.05, 0) is 70.6 Å². The number of hydrogen-bond acceptors (Lipinski definition) is 8. The number of carbonyl (C=O) groups excluding carboxylic acids is 3. The Hall–Kier alpha value is -3.53. The van der Waals surface area contributed by atoms with Gasteiger partial charge in [0, 0.05) is 12.8 Å². The SMILES string of the molecule is CC/C=C\C/C=C\C/C=C\C/C=C\C/C=C\C/C=C\C/C=C\CCCCCC(=O)OC(COC(=O)CCCCCCCCCCCCCCCCCCCCCCCCCCCCCCCCCCCCCCCCCCC)COC(OCC[N+](C)(C)C)C(=O)[O-]. The number of esters is 2. The Morgan fingerprint density at radius 1 is 0.341 bits per heavy atom. The Kier molecular flexibility index (Phi) is 69.5. The minimum atomic E-state index is -1.64. The molecule has 0 bridgehead atoms. The van der Waals surface area contributed by atoms with Crippen LogP contribution in [0.5, 0.6) is 0 Å². The summed E-state index contributed by atoms with van der Waals surface area (Å²) in [4.78, 5) is 37.5. The number of carboxylic acids is 1. The third kappa shape index (κ3) is 73.7. The van der Waals surface area contributed by atoms with E-state index in [0.29, 0.717) is 17.4 Å². The summed E-state index contributed by atoms with van der Waals surface area (Å²) in [6.07, 6.45) is 95.8. The lowest BCUT2D eigenvalue weighted by Gasteiger charge is -2.26. The lowest BCUT2D eigenvalue weighted by atomic mass is 10.0. The van der Waals surface area contributed by atoms with E-state index in [9.17, 15) is 19.5 Å².